The molecule has 3 nitrogen and oxygen atoms in total. The van der Waals surface area contributed by atoms with Crippen molar-refractivity contribution in [1.29, 1.82) is 0 Å². The van der Waals surface area contributed by atoms with Gasteiger partial charge in [-0.25, -0.2) is 0 Å². The van der Waals surface area contributed by atoms with E-state index in [0.717, 1.165) is 12.8 Å². The topological polar surface area (TPSA) is 52.3 Å². The highest BCUT2D eigenvalue weighted by Crippen LogP contribution is 2.24. The van der Waals surface area contributed by atoms with Crippen LogP contribution in [0.25, 0.3) is 0 Å². The molecule has 1 unspecified atom stereocenters. The average molecular weight is 201 g/mol. The van der Waals surface area contributed by atoms with Gasteiger partial charge in [-0.05, 0) is 18.3 Å². The van der Waals surface area contributed by atoms with Crippen molar-refractivity contribution < 1.29 is 9.53 Å². The predicted octanol–water partition coefficient (Wildman–Crippen LogP) is 1.95. The van der Waals surface area contributed by atoms with Crippen LogP contribution in [-0.4, -0.2) is 19.1 Å². The third-order valence-electron chi connectivity index (χ3n) is 1.93. The quantitative estimate of drug-likeness (QED) is 0.692. The molecule has 14 heavy (non-hydrogen) atoms. The van der Waals surface area contributed by atoms with Gasteiger partial charge in [0.1, 0.15) is 0 Å². The van der Waals surface area contributed by atoms with Crippen molar-refractivity contribution >= 4 is 5.97 Å². The third-order valence-corrected chi connectivity index (χ3v) is 1.93. The van der Waals surface area contributed by atoms with Crippen molar-refractivity contribution in [2.75, 3.05) is 13.2 Å². The molecule has 0 aromatic heterocycles. The van der Waals surface area contributed by atoms with E-state index >= 15 is 0 Å². The van der Waals surface area contributed by atoms with Crippen LogP contribution in [0.3, 0.4) is 0 Å². The van der Waals surface area contributed by atoms with Crippen LogP contribution in [0.2, 0.25) is 0 Å². The van der Waals surface area contributed by atoms with Crippen LogP contribution in [0.1, 0.15) is 40.5 Å². The minimum atomic E-state index is -0.151. The lowest BCUT2D eigenvalue weighted by Crippen LogP contribution is -2.29. The molecule has 2 N–H and O–H groups in total. The summed E-state index contributed by atoms with van der Waals surface area (Å²) in [6, 6.07) is 0. The Balaban J connectivity index is 4.06. The van der Waals surface area contributed by atoms with Crippen LogP contribution in [0.4, 0.5) is 0 Å². The monoisotopic (exact) mass is 201 g/mol. The molecule has 0 aliphatic carbocycles. The number of carbonyl (C=O) groups is 1. The van der Waals surface area contributed by atoms with Gasteiger partial charge in [0.15, 0.2) is 0 Å². The average Bonchev–Trinajstić information content (AvgIpc) is 2.08. The van der Waals surface area contributed by atoms with Crippen molar-refractivity contribution in [3.63, 3.8) is 0 Å². The van der Waals surface area contributed by atoms with Gasteiger partial charge in [0.05, 0.1) is 12.5 Å². The van der Waals surface area contributed by atoms with Crippen LogP contribution in [0.15, 0.2) is 0 Å². The summed E-state index contributed by atoms with van der Waals surface area (Å²) in [5.74, 6) is -0.300. The third kappa shape index (κ3) is 5.97. The number of esters is 1. The highest BCUT2D eigenvalue weighted by atomic mass is 16.5. The number of ether oxygens (including phenoxy) is 1. The SMILES string of the molecule is CCCOC(=O)C(CN)CC(C)(C)C. The number of rotatable bonds is 5. The minimum Gasteiger partial charge on any atom is -0.465 e. The molecule has 0 bridgehead atoms. The summed E-state index contributed by atoms with van der Waals surface area (Å²) in [5, 5.41) is 0. The molecular formula is C11H23NO2. The van der Waals surface area contributed by atoms with Gasteiger partial charge in [0, 0.05) is 6.54 Å². The van der Waals surface area contributed by atoms with Gasteiger partial charge in [-0.1, -0.05) is 27.7 Å². The van der Waals surface area contributed by atoms with Gasteiger partial charge in [-0.15, -0.1) is 0 Å². The first-order valence-corrected chi connectivity index (χ1v) is 5.27. The summed E-state index contributed by atoms with van der Waals surface area (Å²) in [4.78, 5) is 11.5. The van der Waals surface area contributed by atoms with E-state index in [4.69, 9.17) is 10.5 Å². The molecule has 0 aliphatic heterocycles. The van der Waals surface area contributed by atoms with Gasteiger partial charge in [0.25, 0.3) is 0 Å². The lowest BCUT2D eigenvalue weighted by molar-refractivity contribution is -0.149. The molecule has 0 aromatic carbocycles. The highest BCUT2D eigenvalue weighted by Gasteiger charge is 2.24. The summed E-state index contributed by atoms with van der Waals surface area (Å²) < 4.78 is 5.07. The van der Waals surface area contributed by atoms with Crippen LogP contribution in [0.5, 0.6) is 0 Å². The van der Waals surface area contributed by atoms with Crippen molar-refractivity contribution in [1.82, 2.24) is 0 Å². The number of hydrogen-bond acceptors (Lipinski definition) is 3. The van der Waals surface area contributed by atoms with Crippen molar-refractivity contribution in [3.8, 4) is 0 Å². The molecule has 84 valence electrons. The first-order valence-electron chi connectivity index (χ1n) is 5.27. The number of hydrogen-bond donors (Lipinski definition) is 1. The van der Waals surface area contributed by atoms with Crippen LogP contribution >= 0.6 is 0 Å². The first kappa shape index (κ1) is 13.4. The van der Waals surface area contributed by atoms with Gasteiger partial charge in [-0.2, -0.15) is 0 Å². The van der Waals surface area contributed by atoms with Crippen molar-refractivity contribution in [3.05, 3.63) is 0 Å². The van der Waals surface area contributed by atoms with Gasteiger partial charge in [-0.3, -0.25) is 4.79 Å². The highest BCUT2D eigenvalue weighted by molar-refractivity contribution is 5.72. The van der Waals surface area contributed by atoms with E-state index in [9.17, 15) is 4.79 Å². The Morgan fingerprint density at radius 1 is 1.43 bits per heavy atom. The Morgan fingerprint density at radius 2 is 2.00 bits per heavy atom. The normalized spacial score (nSPS) is 13.8. The second-order valence-corrected chi connectivity index (χ2v) is 4.86. The van der Waals surface area contributed by atoms with Crippen molar-refractivity contribution in [2.45, 2.75) is 40.5 Å². The first-order chi connectivity index (χ1) is 6.40. The van der Waals surface area contributed by atoms with E-state index in [0.29, 0.717) is 13.2 Å². The Kier molecular flexibility index (Phi) is 5.77. The van der Waals surface area contributed by atoms with E-state index in [1.807, 2.05) is 6.92 Å². The number of nitrogens with two attached hydrogens (primary N) is 1. The molecule has 0 spiro atoms. The molecule has 1 atom stereocenters. The zero-order chi connectivity index (χ0) is 11.2. The van der Waals surface area contributed by atoms with E-state index in [-0.39, 0.29) is 17.3 Å². The lowest BCUT2D eigenvalue weighted by Gasteiger charge is -2.23. The fraction of sp³-hybridized carbons (Fsp3) is 0.909. The smallest absolute Gasteiger partial charge is 0.310 e. The lowest BCUT2D eigenvalue weighted by atomic mass is 9.85. The zero-order valence-corrected chi connectivity index (χ0v) is 9.80. The molecule has 0 fully saturated rings. The fourth-order valence-electron chi connectivity index (χ4n) is 1.32. The van der Waals surface area contributed by atoms with E-state index in [1.165, 1.54) is 0 Å². The molecule has 0 aliphatic rings. The van der Waals surface area contributed by atoms with E-state index in [2.05, 4.69) is 20.8 Å². The Morgan fingerprint density at radius 3 is 2.36 bits per heavy atom. The molecule has 0 radical (unpaired) electrons. The van der Waals surface area contributed by atoms with Gasteiger partial charge in [0.2, 0.25) is 0 Å². The Hall–Kier alpha value is -0.570. The van der Waals surface area contributed by atoms with Gasteiger partial charge >= 0.3 is 5.97 Å². The molecular weight excluding hydrogens is 178 g/mol. The maximum Gasteiger partial charge on any atom is 0.310 e. The van der Waals surface area contributed by atoms with Crippen LogP contribution in [0, 0.1) is 11.3 Å². The molecule has 0 amide bonds. The summed E-state index contributed by atoms with van der Waals surface area (Å²) >= 11 is 0. The van der Waals surface area contributed by atoms with Crippen LogP contribution < -0.4 is 5.73 Å². The Labute approximate surface area is 87.0 Å². The fourth-order valence-corrected chi connectivity index (χ4v) is 1.32. The minimum absolute atomic E-state index is 0.120. The Bertz CT molecular complexity index is 173. The second kappa shape index (κ2) is 6.02. The molecule has 0 saturated heterocycles. The molecule has 3 heteroatoms. The summed E-state index contributed by atoms with van der Waals surface area (Å²) in [6.45, 7) is 9.15. The molecule has 0 heterocycles. The van der Waals surface area contributed by atoms with Crippen molar-refractivity contribution in [2.24, 2.45) is 17.1 Å². The summed E-state index contributed by atoms with van der Waals surface area (Å²) in [7, 11) is 0. The predicted molar refractivity (Wildman–Crippen MR) is 57.9 cm³/mol. The number of carbonyl (C=O) groups excluding carboxylic acids is 1. The second-order valence-electron chi connectivity index (χ2n) is 4.86. The van der Waals surface area contributed by atoms with E-state index < -0.39 is 0 Å². The zero-order valence-electron chi connectivity index (χ0n) is 9.80. The largest absolute Gasteiger partial charge is 0.465 e. The molecule has 0 saturated carbocycles. The molecule has 0 aromatic rings. The standard InChI is InChI=1S/C11H23NO2/c1-5-6-14-10(13)9(8-12)7-11(2,3)4/h9H,5-8,12H2,1-4H3. The van der Waals surface area contributed by atoms with Gasteiger partial charge < -0.3 is 10.5 Å². The van der Waals surface area contributed by atoms with E-state index in [1.54, 1.807) is 0 Å². The molecule has 0 rings (SSSR count). The van der Waals surface area contributed by atoms with Crippen LogP contribution in [-0.2, 0) is 9.53 Å². The summed E-state index contributed by atoms with van der Waals surface area (Å²) in [6.07, 6.45) is 1.64. The maximum absolute atomic E-state index is 11.5. The summed E-state index contributed by atoms with van der Waals surface area (Å²) in [5.41, 5.74) is 5.67. The maximum atomic E-state index is 11.5.